The maximum Gasteiger partial charge on any atom is 0.417 e. The van der Waals surface area contributed by atoms with Crippen molar-refractivity contribution in [1.29, 1.82) is 0 Å². The zero-order valence-electron chi connectivity index (χ0n) is 23.2. The second-order valence-electron chi connectivity index (χ2n) is 10.6. The molecule has 3 N–H and O–H groups in total. The zero-order valence-corrected chi connectivity index (χ0v) is 26.2. The van der Waals surface area contributed by atoms with Gasteiger partial charge in [0.2, 0.25) is 5.91 Å². The van der Waals surface area contributed by atoms with Crippen molar-refractivity contribution >= 4 is 81.1 Å². The third kappa shape index (κ3) is 7.06. The van der Waals surface area contributed by atoms with Gasteiger partial charge in [-0.2, -0.15) is 13.2 Å². The quantitative estimate of drug-likeness (QED) is 0.117. The van der Waals surface area contributed by atoms with E-state index in [9.17, 15) is 31.9 Å². The Morgan fingerprint density at radius 1 is 0.935 bits per heavy atom. The summed E-state index contributed by atoms with van der Waals surface area (Å²) in [6, 6.07) is 9.02. The Morgan fingerprint density at radius 2 is 1.65 bits per heavy atom. The molecule has 0 spiro atoms. The van der Waals surface area contributed by atoms with E-state index >= 15 is 4.39 Å². The number of amides is 2. The maximum atomic E-state index is 15.1. The summed E-state index contributed by atoms with van der Waals surface area (Å²) in [5.41, 5.74) is -2.02. The largest absolute Gasteiger partial charge is 0.417 e. The molecule has 1 saturated heterocycles. The van der Waals surface area contributed by atoms with E-state index in [0.717, 1.165) is 24.3 Å². The van der Waals surface area contributed by atoms with Crippen molar-refractivity contribution in [3.63, 3.8) is 0 Å². The van der Waals surface area contributed by atoms with Crippen molar-refractivity contribution in [2.45, 2.75) is 35.4 Å². The van der Waals surface area contributed by atoms with Crippen LogP contribution in [0.3, 0.4) is 0 Å². The van der Waals surface area contributed by atoms with Crippen LogP contribution in [0.2, 0.25) is 10.0 Å². The topological polar surface area (TPSA) is 96.5 Å². The van der Waals surface area contributed by atoms with Gasteiger partial charge in [-0.1, -0.05) is 29.3 Å². The van der Waals surface area contributed by atoms with Gasteiger partial charge < -0.3 is 20.7 Å². The lowest BCUT2D eigenvalue weighted by Gasteiger charge is -2.15. The molecule has 2 fully saturated rings. The molecular weight excluding hydrogens is 703 g/mol. The summed E-state index contributed by atoms with van der Waals surface area (Å²) in [5.74, 6) is -6.39. The van der Waals surface area contributed by atoms with E-state index in [1.807, 2.05) is 0 Å². The number of ether oxygens (including phenoxy) is 1. The Bertz CT molecular complexity index is 1720. The number of hydrogen-bond donors (Lipinski definition) is 3. The van der Waals surface area contributed by atoms with Crippen LogP contribution in [0.15, 0.2) is 48.5 Å². The fourth-order valence-corrected chi connectivity index (χ4v) is 6.40. The van der Waals surface area contributed by atoms with E-state index in [4.69, 9.17) is 51.1 Å². The number of carbonyl (C=O) groups excluding carboxylic acids is 3. The molecule has 1 heterocycles. The highest BCUT2D eigenvalue weighted by Gasteiger charge is 2.67. The Morgan fingerprint density at radius 3 is 2.33 bits per heavy atom. The van der Waals surface area contributed by atoms with E-state index in [1.54, 1.807) is 0 Å². The maximum absolute atomic E-state index is 15.1. The summed E-state index contributed by atoms with van der Waals surface area (Å²) in [6.07, 6.45) is -4.53. The van der Waals surface area contributed by atoms with E-state index in [0.29, 0.717) is 19.4 Å². The minimum Gasteiger partial charge on any atom is -0.375 e. The second-order valence-corrected chi connectivity index (χ2v) is 12.9. The van der Waals surface area contributed by atoms with Crippen molar-refractivity contribution in [2.24, 2.45) is 5.92 Å². The van der Waals surface area contributed by atoms with Crippen molar-refractivity contribution in [2.75, 3.05) is 29.1 Å². The molecule has 2 amide bonds. The van der Waals surface area contributed by atoms with Crippen LogP contribution >= 0.6 is 46.4 Å². The summed E-state index contributed by atoms with van der Waals surface area (Å²) in [7, 11) is 0. The highest BCUT2D eigenvalue weighted by molar-refractivity contribution is 6.53. The number of rotatable bonds is 9. The van der Waals surface area contributed by atoms with E-state index in [-0.39, 0.29) is 27.5 Å². The first-order valence-electron chi connectivity index (χ1n) is 13.6. The summed E-state index contributed by atoms with van der Waals surface area (Å²) < 4.78 is 73.0. The summed E-state index contributed by atoms with van der Waals surface area (Å²) in [6.45, 7) is -0.162. The molecule has 2 aliphatic rings. The van der Waals surface area contributed by atoms with Crippen molar-refractivity contribution in [3.05, 3.63) is 86.9 Å². The first-order valence-corrected chi connectivity index (χ1v) is 15.1. The molecule has 7 nitrogen and oxygen atoms in total. The SMILES string of the molecule is O=C(CNc1ccc(F)c(NC(=O)C2CCCO2)c1F)c1cc(NC(=O)[C@H]2[C@H](c3ccc(Cl)c(C(F)(F)F)c3)C2(Cl)Cl)ccc1Cl. The van der Waals surface area contributed by atoms with Crippen molar-refractivity contribution in [1.82, 2.24) is 0 Å². The molecule has 244 valence electrons. The molecule has 1 unspecified atom stereocenters. The minimum absolute atomic E-state index is 0.0110. The van der Waals surface area contributed by atoms with Gasteiger partial charge in [0.25, 0.3) is 5.91 Å². The van der Waals surface area contributed by atoms with Crippen LogP contribution in [-0.2, 0) is 20.5 Å². The highest BCUT2D eigenvalue weighted by Crippen LogP contribution is 2.65. The number of nitrogens with one attached hydrogen (secondary N) is 3. The lowest BCUT2D eigenvalue weighted by atomic mass is 10.0. The molecule has 46 heavy (non-hydrogen) atoms. The van der Waals surface area contributed by atoms with E-state index in [2.05, 4.69) is 16.0 Å². The molecule has 3 aromatic carbocycles. The van der Waals surface area contributed by atoms with Crippen LogP contribution < -0.4 is 16.0 Å². The molecule has 16 heteroatoms. The number of carbonyl (C=O) groups is 3. The smallest absolute Gasteiger partial charge is 0.375 e. The number of Topliss-reactive ketones (excluding diaryl/α,β-unsaturated/α-hetero) is 1. The monoisotopic (exact) mass is 723 g/mol. The van der Waals surface area contributed by atoms with Gasteiger partial charge in [0.15, 0.2) is 11.6 Å². The van der Waals surface area contributed by atoms with Crippen molar-refractivity contribution < 1.29 is 41.1 Å². The lowest BCUT2D eigenvalue weighted by molar-refractivity contribution is -0.137. The van der Waals surface area contributed by atoms with Gasteiger partial charge >= 0.3 is 6.18 Å². The number of hydrogen-bond acceptors (Lipinski definition) is 5. The molecule has 0 aromatic heterocycles. The standard InChI is InChI=1S/C30H22Cl4F5N3O4/c31-17-6-4-14(41-28(45)24-23(29(24,33)34)13-3-5-18(32)16(10-13)30(37,38)39)11-15(17)21(43)12-40-20-8-7-19(35)26(25(20)36)42-27(44)22-2-1-9-46-22/h3-8,10-11,22-24,40H,1-2,9,12H2,(H,41,45)(H,42,44)/t22?,23-,24+/m0/s1. The normalized spacial score (nSPS) is 20.2. The Kier molecular flexibility index (Phi) is 9.77. The second kappa shape index (κ2) is 13.2. The van der Waals surface area contributed by atoms with Gasteiger partial charge in [0.1, 0.15) is 21.9 Å². The lowest BCUT2D eigenvalue weighted by Crippen LogP contribution is -2.28. The predicted molar refractivity (Wildman–Crippen MR) is 164 cm³/mol. The first-order chi connectivity index (χ1) is 21.6. The number of ketones is 1. The van der Waals surface area contributed by atoms with Gasteiger partial charge in [-0.25, -0.2) is 8.78 Å². The molecular formula is C30H22Cl4F5N3O4. The summed E-state index contributed by atoms with van der Waals surface area (Å²) in [4.78, 5) is 38.4. The van der Waals surface area contributed by atoms with Gasteiger partial charge in [-0.05, 0) is 60.9 Å². The number of halogens is 9. The Hall–Kier alpha value is -3.16. The van der Waals surface area contributed by atoms with Gasteiger partial charge in [0.05, 0.1) is 33.8 Å². The minimum atomic E-state index is -4.74. The number of anilines is 3. The average Bonchev–Trinajstić information content (AvgIpc) is 3.30. The van der Waals surface area contributed by atoms with E-state index < -0.39 is 80.5 Å². The molecule has 1 saturated carbocycles. The van der Waals surface area contributed by atoms with Crippen LogP contribution in [-0.4, -0.2) is 41.2 Å². The van der Waals surface area contributed by atoms with E-state index in [1.165, 1.54) is 24.3 Å². The van der Waals surface area contributed by atoms with Gasteiger partial charge in [-0.15, -0.1) is 23.2 Å². The zero-order chi connectivity index (χ0) is 33.6. The molecule has 3 aromatic rings. The van der Waals surface area contributed by atoms with Gasteiger partial charge in [-0.3, -0.25) is 14.4 Å². The molecule has 0 bridgehead atoms. The fraction of sp³-hybridized carbons (Fsp3) is 0.300. The predicted octanol–water partition coefficient (Wildman–Crippen LogP) is 8.23. The molecule has 3 atom stereocenters. The summed E-state index contributed by atoms with van der Waals surface area (Å²) in [5, 5.41) is 6.73. The number of benzene rings is 3. The van der Waals surface area contributed by atoms with Crippen LogP contribution in [0.1, 0.15) is 40.2 Å². The summed E-state index contributed by atoms with van der Waals surface area (Å²) >= 11 is 24.5. The van der Waals surface area contributed by atoms with Crippen molar-refractivity contribution in [3.8, 4) is 0 Å². The van der Waals surface area contributed by atoms with Gasteiger partial charge in [0, 0.05) is 23.8 Å². The van der Waals surface area contributed by atoms with Crippen LogP contribution in [0.25, 0.3) is 0 Å². The molecule has 1 aliphatic heterocycles. The Labute approximate surface area is 278 Å². The fourth-order valence-electron chi connectivity index (χ4n) is 5.12. The first kappa shape index (κ1) is 34.2. The highest BCUT2D eigenvalue weighted by atomic mass is 35.5. The Balaban J connectivity index is 1.26. The molecule has 0 radical (unpaired) electrons. The molecule has 1 aliphatic carbocycles. The van der Waals surface area contributed by atoms with Crippen LogP contribution in [0.5, 0.6) is 0 Å². The van der Waals surface area contributed by atoms with Crippen LogP contribution in [0, 0.1) is 17.6 Å². The average molecular weight is 725 g/mol. The number of alkyl halides is 5. The third-order valence-corrected chi connectivity index (χ3v) is 9.13. The molecule has 5 rings (SSSR count). The van der Waals surface area contributed by atoms with Crippen LogP contribution in [0.4, 0.5) is 39.0 Å². The third-order valence-electron chi connectivity index (χ3n) is 7.53.